The summed E-state index contributed by atoms with van der Waals surface area (Å²) in [5, 5.41) is 4.27. The predicted octanol–water partition coefficient (Wildman–Crippen LogP) is 4.89. The molecule has 0 spiro atoms. The van der Waals surface area contributed by atoms with E-state index in [-0.39, 0.29) is 5.91 Å². The molecule has 32 heavy (non-hydrogen) atoms. The number of nitrogens with zero attached hydrogens (tertiary/aromatic N) is 3. The molecule has 4 heterocycles. The molecule has 6 nitrogen and oxygen atoms in total. The van der Waals surface area contributed by atoms with E-state index in [2.05, 4.69) is 32.2 Å². The van der Waals surface area contributed by atoms with Crippen LogP contribution in [0.5, 0.6) is 0 Å². The first-order chi connectivity index (χ1) is 15.8. The van der Waals surface area contributed by atoms with Gasteiger partial charge >= 0.3 is 0 Å². The monoisotopic (exact) mass is 448 g/mol. The maximum Gasteiger partial charge on any atom is 0.265 e. The molecular weight excluding hydrogens is 420 g/mol. The molecule has 2 aliphatic heterocycles. The summed E-state index contributed by atoms with van der Waals surface area (Å²) < 4.78 is 5.54. The zero-order valence-electron chi connectivity index (χ0n) is 18.1. The van der Waals surface area contributed by atoms with Gasteiger partial charge < -0.3 is 19.9 Å². The van der Waals surface area contributed by atoms with Gasteiger partial charge in [0, 0.05) is 37.9 Å². The van der Waals surface area contributed by atoms with Crippen LogP contribution < -0.4 is 15.1 Å². The highest BCUT2D eigenvalue weighted by molar-refractivity contribution is 7.18. The topological polar surface area (TPSA) is 57.7 Å². The Kier molecular flexibility index (Phi) is 6.36. The van der Waals surface area contributed by atoms with Gasteiger partial charge in [-0.05, 0) is 43.0 Å². The third kappa shape index (κ3) is 4.49. The van der Waals surface area contributed by atoms with Crippen molar-refractivity contribution in [3.63, 3.8) is 0 Å². The van der Waals surface area contributed by atoms with Crippen LogP contribution in [0, 0.1) is 0 Å². The second-order valence-electron chi connectivity index (χ2n) is 8.17. The van der Waals surface area contributed by atoms with E-state index in [0.29, 0.717) is 18.1 Å². The van der Waals surface area contributed by atoms with E-state index in [0.717, 1.165) is 66.7 Å². The number of anilines is 3. The zero-order valence-corrected chi connectivity index (χ0v) is 18.9. The van der Waals surface area contributed by atoms with Crippen molar-refractivity contribution in [3.05, 3.63) is 59.6 Å². The minimum atomic E-state index is -0.0852. The number of carbonyl (C=O) groups is 1. The number of pyridine rings is 1. The molecule has 2 fully saturated rings. The third-order valence-electron chi connectivity index (χ3n) is 6.01. The van der Waals surface area contributed by atoms with Crippen molar-refractivity contribution >= 4 is 33.8 Å². The smallest absolute Gasteiger partial charge is 0.265 e. The van der Waals surface area contributed by atoms with Crippen molar-refractivity contribution in [1.82, 2.24) is 4.98 Å². The Morgan fingerprint density at radius 3 is 2.50 bits per heavy atom. The van der Waals surface area contributed by atoms with Crippen LogP contribution >= 0.6 is 11.3 Å². The zero-order chi connectivity index (χ0) is 21.8. The van der Waals surface area contributed by atoms with Gasteiger partial charge in [0.05, 0.1) is 28.8 Å². The van der Waals surface area contributed by atoms with E-state index >= 15 is 0 Å². The lowest BCUT2D eigenvalue weighted by atomic mass is 10.1. The SMILES string of the molecule is O=C(Nc1cccnc1N1CCCCC1)c1cc(-c2ccccc2)c(N2CCOCC2)s1. The lowest BCUT2D eigenvalue weighted by Crippen LogP contribution is -2.35. The van der Waals surface area contributed by atoms with E-state index in [1.54, 1.807) is 17.5 Å². The summed E-state index contributed by atoms with van der Waals surface area (Å²) >= 11 is 1.55. The van der Waals surface area contributed by atoms with Crippen LogP contribution in [0.4, 0.5) is 16.5 Å². The van der Waals surface area contributed by atoms with E-state index in [4.69, 9.17) is 4.74 Å². The van der Waals surface area contributed by atoms with Gasteiger partial charge in [0.1, 0.15) is 0 Å². The highest BCUT2D eigenvalue weighted by Gasteiger charge is 2.23. The number of aromatic nitrogens is 1. The lowest BCUT2D eigenvalue weighted by molar-refractivity contribution is 0.103. The molecule has 1 aromatic carbocycles. The normalized spacial score (nSPS) is 16.8. The Morgan fingerprint density at radius 2 is 1.72 bits per heavy atom. The summed E-state index contributed by atoms with van der Waals surface area (Å²) in [6.07, 6.45) is 5.39. The first-order valence-corrected chi connectivity index (χ1v) is 12.1. The van der Waals surface area contributed by atoms with E-state index in [9.17, 15) is 4.79 Å². The number of thiophene rings is 1. The number of piperidine rings is 1. The number of benzene rings is 1. The van der Waals surface area contributed by atoms with Gasteiger partial charge in [0.25, 0.3) is 5.91 Å². The molecule has 0 atom stereocenters. The molecule has 0 radical (unpaired) electrons. The Morgan fingerprint density at radius 1 is 0.938 bits per heavy atom. The number of ether oxygens (including phenoxy) is 1. The molecule has 2 aliphatic rings. The minimum absolute atomic E-state index is 0.0852. The fourth-order valence-electron chi connectivity index (χ4n) is 4.36. The summed E-state index contributed by atoms with van der Waals surface area (Å²) in [5.41, 5.74) is 3.01. The number of rotatable bonds is 5. The highest BCUT2D eigenvalue weighted by Crippen LogP contribution is 2.40. The molecule has 1 N–H and O–H groups in total. The second kappa shape index (κ2) is 9.71. The van der Waals surface area contributed by atoms with Crippen molar-refractivity contribution in [2.45, 2.75) is 19.3 Å². The molecule has 166 valence electrons. The summed E-state index contributed by atoms with van der Waals surface area (Å²) in [6.45, 7) is 5.06. The molecule has 2 aromatic heterocycles. The largest absolute Gasteiger partial charge is 0.378 e. The summed E-state index contributed by atoms with van der Waals surface area (Å²) in [5.74, 6) is 0.784. The van der Waals surface area contributed by atoms with Crippen molar-refractivity contribution in [2.24, 2.45) is 0 Å². The first kappa shape index (κ1) is 21.0. The van der Waals surface area contributed by atoms with E-state index in [1.807, 2.05) is 36.4 Å². The van der Waals surface area contributed by atoms with Crippen LogP contribution in [-0.2, 0) is 4.74 Å². The molecule has 3 aromatic rings. The number of morpholine rings is 1. The van der Waals surface area contributed by atoms with Gasteiger partial charge in [-0.3, -0.25) is 4.79 Å². The van der Waals surface area contributed by atoms with Crippen molar-refractivity contribution < 1.29 is 9.53 Å². The maximum atomic E-state index is 13.3. The van der Waals surface area contributed by atoms with Crippen LogP contribution in [0.15, 0.2) is 54.7 Å². The molecule has 0 aliphatic carbocycles. The molecule has 0 unspecified atom stereocenters. The molecule has 0 saturated carbocycles. The lowest BCUT2D eigenvalue weighted by Gasteiger charge is -2.29. The number of hydrogen-bond donors (Lipinski definition) is 1. The van der Waals surface area contributed by atoms with Gasteiger partial charge in [-0.15, -0.1) is 11.3 Å². The number of hydrogen-bond acceptors (Lipinski definition) is 6. The summed E-state index contributed by atoms with van der Waals surface area (Å²) in [7, 11) is 0. The summed E-state index contributed by atoms with van der Waals surface area (Å²) in [6, 6.07) is 16.1. The van der Waals surface area contributed by atoms with Crippen LogP contribution in [-0.4, -0.2) is 50.3 Å². The average Bonchev–Trinajstić information content (AvgIpc) is 3.32. The predicted molar refractivity (Wildman–Crippen MR) is 131 cm³/mol. The number of carbonyl (C=O) groups excluding carboxylic acids is 1. The Hall–Kier alpha value is -2.90. The first-order valence-electron chi connectivity index (χ1n) is 11.3. The third-order valence-corrected chi connectivity index (χ3v) is 7.20. The van der Waals surface area contributed by atoms with Gasteiger partial charge in [0.15, 0.2) is 5.82 Å². The van der Waals surface area contributed by atoms with Gasteiger partial charge in [-0.1, -0.05) is 30.3 Å². The molecule has 5 rings (SSSR count). The standard InChI is InChI=1S/C25H28N4O2S/c30-24(27-21-10-7-11-26-23(21)28-12-5-2-6-13-28)22-18-20(19-8-3-1-4-9-19)25(32-22)29-14-16-31-17-15-29/h1,3-4,7-11,18H,2,5-6,12-17H2,(H,27,30). The Labute approximate surface area is 192 Å². The van der Waals surface area contributed by atoms with E-state index < -0.39 is 0 Å². The number of amides is 1. The quantitative estimate of drug-likeness (QED) is 0.602. The summed E-state index contributed by atoms with van der Waals surface area (Å²) in [4.78, 5) is 23.2. The van der Waals surface area contributed by atoms with Gasteiger partial charge in [-0.2, -0.15) is 0 Å². The molecule has 2 saturated heterocycles. The second-order valence-corrected chi connectivity index (χ2v) is 9.20. The maximum absolute atomic E-state index is 13.3. The molecule has 7 heteroatoms. The van der Waals surface area contributed by atoms with Gasteiger partial charge in [0.2, 0.25) is 0 Å². The van der Waals surface area contributed by atoms with Crippen LogP contribution in [0.25, 0.3) is 11.1 Å². The van der Waals surface area contributed by atoms with E-state index in [1.165, 1.54) is 6.42 Å². The Balaban J connectivity index is 1.44. The van der Waals surface area contributed by atoms with Crippen LogP contribution in [0.3, 0.4) is 0 Å². The van der Waals surface area contributed by atoms with Crippen molar-refractivity contribution in [2.75, 3.05) is 54.5 Å². The fourth-order valence-corrected chi connectivity index (χ4v) is 5.48. The van der Waals surface area contributed by atoms with Crippen LogP contribution in [0.2, 0.25) is 0 Å². The molecular formula is C25H28N4O2S. The van der Waals surface area contributed by atoms with Crippen molar-refractivity contribution in [3.8, 4) is 11.1 Å². The Bertz CT molecular complexity index is 1060. The highest BCUT2D eigenvalue weighted by atomic mass is 32.1. The average molecular weight is 449 g/mol. The molecule has 1 amide bonds. The van der Waals surface area contributed by atoms with Crippen LogP contribution in [0.1, 0.15) is 28.9 Å². The van der Waals surface area contributed by atoms with Gasteiger partial charge in [-0.25, -0.2) is 4.98 Å². The molecule has 0 bridgehead atoms. The number of nitrogens with one attached hydrogen (secondary N) is 1. The van der Waals surface area contributed by atoms with Crippen molar-refractivity contribution in [1.29, 1.82) is 0 Å². The fraction of sp³-hybridized carbons (Fsp3) is 0.360. The minimum Gasteiger partial charge on any atom is -0.378 e.